The zero-order valence-corrected chi connectivity index (χ0v) is 55.9. The van der Waals surface area contributed by atoms with Crippen LogP contribution in [0.5, 0.6) is 0 Å². The molecule has 0 aliphatic carbocycles. The van der Waals surface area contributed by atoms with Crippen LogP contribution in [-0.2, 0) is 38.5 Å². The van der Waals surface area contributed by atoms with Crippen molar-refractivity contribution in [2.45, 2.75) is 120 Å². The molecule has 0 bridgehead atoms. The molecule has 20 rings (SSSR count). The third-order valence-corrected chi connectivity index (χ3v) is 22.9. The predicted octanol–water partition coefficient (Wildman–Crippen LogP) is 17.4. The van der Waals surface area contributed by atoms with E-state index in [-0.39, 0.29) is 6.17 Å². The number of nitrogens with zero attached hydrogens (tertiary/aromatic N) is 10. The van der Waals surface area contributed by atoms with Gasteiger partial charge in [-0.1, -0.05) is 115 Å². The van der Waals surface area contributed by atoms with Crippen molar-refractivity contribution in [2.24, 2.45) is 0 Å². The van der Waals surface area contributed by atoms with Gasteiger partial charge in [-0.05, 0) is 141 Å². The molecule has 0 amide bonds. The number of thioether (sulfide) groups is 2. The molecular formula is C78H80F2N10S2. The van der Waals surface area contributed by atoms with E-state index < -0.39 is 11.6 Å². The molecule has 14 heteroatoms. The first kappa shape index (κ1) is 59.6. The smallest absolute Gasteiger partial charge is 0.131 e. The lowest BCUT2D eigenvalue weighted by Crippen LogP contribution is -2.35. The maximum atomic E-state index is 13.6. The first-order valence-electron chi connectivity index (χ1n) is 32.3. The number of halogens is 2. The van der Waals surface area contributed by atoms with Crippen molar-refractivity contribution in [2.75, 3.05) is 62.5 Å². The molecule has 0 saturated heterocycles. The van der Waals surface area contributed by atoms with Gasteiger partial charge in [-0.15, -0.1) is 11.8 Å². The van der Waals surface area contributed by atoms with E-state index in [2.05, 4.69) is 276 Å². The summed E-state index contributed by atoms with van der Waals surface area (Å²) in [6, 6.07) is 59.2. The van der Waals surface area contributed by atoms with E-state index in [1.54, 1.807) is 0 Å². The Labute approximate surface area is 550 Å². The lowest BCUT2D eigenvalue weighted by Gasteiger charge is -2.24. The molecule has 8 aromatic carbocycles. The van der Waals surface area contributed by atoms with E-state index in [1.165, 1.54) is 118 Å². The second-order valence-corrected chi connectivity index (χ2v) is 28.7. The monoisotopic (exact) mass is 1260 g/mol. The third kappa shape index (κ3) is 10.3. The van der Waals surface area contributed by atoms with Gasteiger partial charge in [0.2, 0.25) is 0 Å². The van der Waals surface area contributed by atoms with Crippen molar-refractivity contribution in [3.63, 3.8) is 0 Å². The number of benzene rings is 8. The number of anilines is 9. The number of likely N-dealkylation sites (N-methyl/N-ethyl adjacent to an activating group) is 4. The van der Waals surface area contributed by atoms with Crippen LogP contribution in [0.4, 0.5) is 60.0 Å². The molecule has 8 aromatic rings. The summed E-state index contributed by atoms with van der Waals surface area (Å²) in [7, 11) is 8.51. The van der Waals surface area contributed by atoms with Crippen molar-refractivity contribution in [3.05, 3.63) is 273 Å². The summed E-state index contributed by atoms with van der Waals surface area (Å²) in [5, 5.41) is 1.21. The SMILES string of the molecule is CC1=CN2c3cc(C)cc(C)c3CC2N1C.CC1=CN2c3cc(F)cc(F)c3CC2N1C.CC1=CN2c3ccccc3CC2N1C.CC1=CN2c3ccccc3CC2S1.CN1c2ccccc2N2c3ccccc3CC12.c1ccc2c(c1)CC1Sc3ccccc3N21. The van der Waals surface area contributed by atoms with Crippen LogP contribution in [-0.4, -0.2) is 78.3 Å². The summed E-state index contributed by atoms with van der Waals surface area (Å²) in [6.07, 6.45) is 16.7. The van der Waals surface area contributed by atoms with Crippen LogP contribution < -0.4 is 34.3 Å². The van der Waals surface area contributed by atoms with Gasteiger partial charge in [-0.3, -0.25) is 0 Å². The number of fused-ring (bicyclic) bond motifs is 22. The van der Waals surface area contributed by atoms with E-state index >= 15 is 0 Å². The minimum Gasteiger partial charge on any atom is -0.356 e. The molecule has 0 fully saturated rings. The largest absolute Gasteiger partial charge is 0.356 e. The zero-order valence-electron chi connectivity index (χ0n) is 54.2. The number of allylic oxidation sites excluding steroid dienone is 4. The van der Waals surface area contributed by atoms with Gasteiger partial charge in [0.05, 0.1) is 33.5 Å². The zero-order chi connectivity index (χ0) is 63.4. The third-order valence-electron chi connectivity index (χ3n) is 20.5. The van der Waals surface area contributed by atoms with Gasteiger partial charge in [0.15, 0.2) is 0 Å². The van der Waals surface area contributed by atoms with E-state index in [4.69, 9.17) is 0 Å². The summed E-state index contributed by atoms with van der Waals surface area (Å²) in [5.41, 5.74) is 26.3. The number of rotatable bonds is 0. The highest BCUT2D eigenvalue weighted by atomic mass is 32.2. The molecule has 0 spiro atoms. The van der Waals surface area contributed by atoms with E-state index in [9.17, 15) is 8.78 Å². The molecule has 0 aromatic heterocycles. The fourth-order valence-electron chi connectivity index (χ4n) is 15.6. The molecule has 0 N–H and O–H groups in total. The van der Waals surface area contributed by atoms with Gasteiger partial charge in [0.1, 0.15) is 36.3 Å². The Morgan fingerprint density at radius 1 is 0.348 bits per heavy atom. The Kier molecular flexibility index (Phi) is 15.4. The van der Waals surface area contributed by atoms with Crippen LogP contribution in [0.1, 0.15) is 72.2 Å². The first-order chi connectivity index (χ1) is 44.6. The van der Waals surface area contributed by atoms with E-state index in [0.717, 1.165) is 37.4 Å². The Balaban J connectivity index is 0.0000000918. The van der Waals surface area contributed by atoms with E-state index in [0.29, 0.717) is 46.9 Å². The molecule has 0 saturated carbocycles. The summed E-state index contributed by atoms with van der Waals surface area (Å²) < 4.78 is 26.8. The minimum absolute atomic E-state index is 0.103. The molecule has 12 heterocycles. The fourth-order valence-corrected chi connectivity index (χ4v) is 18.1. The average molecular weight is 1260 g/mol. The van der Waals surface area contributed by atoms with Gasteiger partial charge in [0, 0.05) is 158 Å². The molecule has 10 nitrogen and oxygen atoms in total. The highest BCUT2D eigenvalue weighted by molar-refractivity contribution is 8.04. The van der Waals surface area contributed by atoms with Crippen LogP contribution in [0.15, 0.2) is 222 Å². The quantitative estimate of drug-likeness (QED) is 0.145. The van der Waals surface area contributed by atoms with Crippen molar-refractivity contribution in [1.82, 2.24) is 14.7 Å². The lowest BCUT2D eigenvalue weighted by atomic mass is 10.0. The molecule has 468 valence electrons. The summed E-state index contributed by atoms with van der Waals surface area (Å²) in [4.78, 5) is 26.1. The number of aryl methyl sites for hydroxylation is 2. The first-order valence-corrected chi connectivity index (χ1v) is 34.1. The van der Waals surface area contributed by atoms with Crippen LogP contribution >= 0.6 is 23.5 Å². The van der Waals surface area contributed by atoms with Crippen molar-refractivity contribution < 1.29 is 8.78 Å². The Morgan fingerprint density at radius 2 is 0.793 bits per heavy atom. The number of para-hydroxylation sites is 7. The summed E-state index contributed by atoms with van der Waals surface area (Å²) >= 11 is 3.97. The predicted molar refractivity (Wildman–Crippen MR) is 380 cm³/mol. The summed E-state index contributed by atoms with van der Waals surface area (Å²) in [6.45, 7) is 12.9. The Morgan fingerprint density at radius 3 is 1.42 bits per heavy atom. The molecule has 6 unspecified atom stereocenters. The second kappa shape index (κ2) is 23.8. The van der Waals surface area contributed by atoms with Crippen molar-refractivity contribution >= 4 is 74.7 Å². The molecule has 12 aliphatic rings. The van der Waals surface area contributed by atoms with E-state index in [1.807, 2.05) is 48.6 Å². The standard InChI is InChI=1S/C15H14N2.C14H18N2.C14H11NS.C12H12F2N2.C12H14N2.C11H11NS/c1-16-13-8-4-5-9-14(13)17-12-7-3-2-6-11(12)10-15(16)17;1-9-5-10(2)12-7-14-15(4)11(3)8-16(14)13(12)6-9;1-2-6-11-10(5-1)9-14-15(11)12-7-3-4-8-13(12)16-14;1-7-6-16-11-4-8(13)3-10(14)9(11)5-12(16)15(7)2;1-9-8-14-11-6-4-3-5-10(11)7-12(14)13(9)2;1-8-7-12-10-5-3-2-4-9(10)6-11(12)13-8/h2-9,15H,10H2,1H3;5-6,8,14H,7H2,1-4H3;1-8,14H,9H2;3-4,6,12H,5H2,1-2H3;3-6,8,12H,7H2,1-2H3;2-5,7,11H,6H2,1H3. The molecule has 92 heavy (non-hydrogen) atoms. The van der Waals surface area contributed by atoms with Gasteiger partial charge in [0.25, 0.3) is 0 Å². The van der Waals surface area contributed by atoms with Crippen molar-refractivity contribution in [1.29, 1.82) is 0 Å². The molecule has 12 aliphatic heterocycles. The second-order valence-electron chi connectivity index (χ2n) is 26.1. The van der Waals surface area contributed by atoms with Crippen LogP contribution in [0.25, 0.3) is 0 Å². The van der Waals surface area contributed by atoms with Gasteiger partial charge >= 0.3 is 0 Å². The summed E-state index contributed by atoms with van der Waals surface area (Å²) in [5.74, 6) is -0.957. The number of hydrogen-bond acceptors (Lipinski definition) is 12. The normalized spacial score (nSPS) is 22.0. The fraction of sp³-hybridized carbons (Fsp3) is 0.282. The van der Waals surface area contributed by atoms with Crippen LogP contribution in [0.3, 0.4) is 0 Å². The number of hydrogen-bond donors (Lipinski definition) is 0. The topological polar surface area (TPSA) is 32.4 Å². The molecule has 0 radical (unpaired) electrons. The van der Waals surface area contributed by atoms with Gasteiger partial charge < -0.3 is 49.0 Å². The Bertz CT molecular complexity index is 4210. The van der Waals surface area contributed by atoms with Crippen LogP contribution in [0.2, 0.25) is 0 Å². The minimum atomic E-state index is -0.516. The maximum absolute atomic E-state index is 13.6. The average Bonchev–Trinajstić information content (AvgIpc) is 1.62. The highest BCUT2D eigenvalue weighted by Crippen LogP contribution is 2.54. The van der Waals surface area contributed by atoms with Gasteiger partial charge in [-0.25, -0.2) is 8.78 Å². The maximum Gasteiger partial charge on any atom is 0.131 e. The Hall–Kier alpha value is -8.72. The highest BCUT2D eigenvalue weighted by Gasteiger charge is 2.43. The lowest BCUT2D eigenvalue weighted by molar-refractivity contribution is 0.342. The molecule has 6 atom stereocenters. The van der Waals surface area contributed by atoms with Gasteiger partial charge in [-0.2, -0.15) is 0 Å². The van der Waals surface area contributed by atoms with Crippen LogP contribution in [0, 0.1) is 25.5 Å². The van der Waals surface area contributed by atoms with Crippen molar-refractivity contribution in [3.8, 4) is 0 Å². The molecular weight excluding hydrogens is 1180 g/mol.